The summed E-state index contributed by atoms with van der Waals surface area (Å²) in [7, 11) is 0. The Bertz CT molecular complexity index is 561. The van der Waals surface area contributed by atoms with Gasteiger partial charge in [-0.05, 0) is 43.0 Å². The average molecular weight is 262 g/mol. The van der Waals surface area contributed by atoms with Crippen LogP contribution < -0.4 is 10.5 Å². The molecule has 0 radical (unpaired) electrons. The summed E-state index contributed by atoms with van der Waals surface area (Å²) in [6, 6.07) is 3.98. The van der Waals surface area contributed by atoms with Gasteiger partial charge in [0.1, 0.15) is 5.75 Å². The maximum absolute atomic E-state index is 5.96. The van der Waals surface area contributed by atoms with E-state index in [1.165, 1.54) is 11.3 Å². The summed E-state index contributed by atoms with van der Waals surface area (Å²) < 4.78 is 5.88. The standard InChI is InChI=1S/C14H18N2OS/c1-8(2)11-6-12(15)9(3)5-13(11)17-14-16-10(4)7-18-14/h5-8H,15H2,1-4H3. The summed E-state index contributed by atoms with van der Waals surface area (Å²) in [5.74, 6) is 1.22. The maximum atomic E-state index is 5.96. The Balaban J connectivity index is 2.39. The predicted molar refractivity (Wildman–Crippen MR) is 76.6 cm³/mol. The van der Waals surface area contributed by atoms with Crippen molar-refractivity contribution in [2.24, 2.45) is 0 Å². The number of aryl methyl sites for hydroxylation is 2. The molecule has 0 saturated heterocycles. The third-order valence-electron chi connectivity index (χ3n) is 2.82. The van der Waals surface area contributed by atoms with Crippen LogP contribution in [0.25, 0.3) is 0 Å². The lowest BCUT2D eigenvalue weighted by Crippen LogP contribution is -1.98. The van der Waals surface area contributed by atoms with Gasteiger partial charge in [0.2, 0.25) is 0 Å². The summed E-state index contributed by atoms with van der Waals surface area (Å²) in [4.78, 5) is 4.32. The zero-order valence-electron chi connectivity index (χ0n) is 11.2. The minimum atomic E-state index is 0.365. The molecule has 1 heterocycles. The van der Waals surface area contributed by atoms with Gasteiger partial charge in [0.25, 0.3) is 5.19 Å². The highest BCUT2D eigenvalue weighted by atomic mass is 32.1. The van der Waals surface area contributed by atoms with Gasteiger partial charge in [0.15, 0.2) is 0 Å². The molecule has 96 valence electrons. The summed E-state index contributed by atoms with van der Waals surface area (Å²) in [6.45, 7) is 8.20. The third-order valence-corrected chi connectivity index (χ3v) is 3.65. The van der Waals surface area contributed by atoms with Crippen molar-refractivity contribution in [3.8, 4) is 10.9 Å². The lowest BCUT2D eigenvalue weighted by atomic mass is 9.99. The number of nitrogen functional groups attached to an aromatic ring is 1. The van der Waals surface area contributed by atoms with Gasteiger partial charge in [-0.3, -0.25) is 0 Å². The lowest BCUT2D eigenvalue weighted by molar-refractivity contribution is 0.468. The smallest absolute Gasteiger partial charge is 0.278 e. The first kappa shape index (κ1) is 12.9. The highest BCUT2D eigenvalue weighted by Gasteiger charge is 2.12. The monoisotopic (exact) mass is 262 g/mol. The Kier molecular flexibility index (Phi) is 3.57. The van der Waals surface area contributed by atoms with Gasteiger partial charge < -0.3 is 10.5 Å². The van der Waals surface area contributed by atoms with E-state index in [0.717, 1.165) is 28.3 Å². The van der Waals surface area contributed by atoms with Crippen LogP contribution in [-0.2, 0) is 0 Å². The number of hydrogen-bond acceptors (Lipinski definition) is 4. The van der Waals surface area contributed by atoms with Crippen LogP contribution in [0.15, 0.2) is 17.5 Å². The number of hydrogen-bond donors (Lipinski definition) is 1. The number of nitrogens with zero attached hydrogens (tertiary/aromatic N) is 1. The molecule has 2 aromatic rings. The molecule has 2 rings (SSSR count). The number of thiazole rings is 1. The first-order valence-corrected chi connectivity index (χ1v) is 6.85. The second-order valence-corrected chi connectivity index (χ2v) is 5.58. The Hall–Kier alpha value is -1.55. The van der Waals surface area contributed by atoms with Crippen LogP contribution in [-0.4, -0.2) is 4.98 Å². The first-order chi connectivity index (χ1) is 8.47. The Morgan fingerprint density at radius 2 is 2.00 bits per heavy atom. The van der Waals surface area contributed by atoms with E-state index in [0.29, 0.717) is 11.1 Å². The fourth-order valence-electron chi connectivity index (χ4n) is 1.73. The molecule has 0 bridgehead atoms. The van der Waals surface area contributed by atoms with Crippen molar-refractivity contribution in [1.29, 1.82) is 0 Å². The Morgan fingerprint density at radius 3 is 2.56 bits per heavy atom. The van der Waals surface area contributed by atoms with Crippen LogP contribution in [0.4, 0.5) is 5.69 Å². The van der Waals surface area contributed by atoms with Gasteiger partial charge in [-0.25, -0.2) is 4.98 Å². The zero-order chi connectivity index (χ0) is 13.3. The van der Waals surface area contributed by atoms with Crippen LogP contribution in [0, 0.1) is 13.8 Å². The summed E-state index contributed by atoms with van der Waals surface area (Å²) >= 11 is 1.51. The molecular weight excluding hydrogens is 244 g/mol. The molecule has 0 atom stereocenters. The fraction of sp³-hybridized carbons (Fsp3) is 0.357. The van der Waals surface area contributed by atoms with Gasteiger partial charge in [0.05, 0.1) is 5.69 Å². The molecule has 2 N–H and O–H groups in total. The van der Waals surface area contributed by atoms with E-state index in [1.807, 2.05) is 31.4 Å². The number of anilines is 1. The van der Waals surface area contributed by atoms with E-state index in [9.17, 15) is 0 Å². The van der Waals surface area contributed by atoms with E-state index in [2.05, 4.69) is 18.8 Å². The van der Waals surface area contributed by atoms with E-state index in [1.54, 1.807) is 0 Å². The van der Waals surface area contributed by atoms with Crippen LogP contribution in [0.1, 0.15) is 36.6 Å². The molecular formula is C14H18N2OS. The summed E-state index contributed by atoms with van der Waals surface area (Å²) in [6.07, 6.45) is 0. The van der Waals surface area contributed by atoms with Crippen molar-refractivity contribution in [3.63, 3.8) is 0 Å². The maximum Gasteiger partial charge on any atom is 0.278 e. The van der Waals surface area contributed by atoms with Crippen LogP contribution in [0.3, 0.4) is 0 Å². The molecule has 0 saturated carbocycles. The molecule has 3 nitrogen and oxygen atoms in total. The highest BCUT2D eigenvalue weighted by Crippen LogP contribution is 2.34. The minimum absolute atomic E-state index is 0.365. The molecule has 0 spiro atoms. The fourth-order valence-corrected chi connectivity index (χ4v) is 2.39. The second kappa shape index (κ2) is 4.98. The predicted octanol–water partition coefficient (Wildman–Crippen LogP) is 4.26. The van der Waals surface area contributed by atoms with E-state index in [-0.39, 0.29) is 0 Å². The second-order valence-electron chi connectivity index (χ2n) is 4.76. The number of ether oxygens (including phenoxy) is 1. The zero-order valence-corrected chi connectivity index (χ0v) is 12.0. The molecule has 0 unspecified atom stereocenters. The van der Waals surface area contributed by atoms with E-state index < -0.39 is 0 Å². The largest absolute Gasteiger partial charge is 0.431 e. The molecule has 0 fully saturated rings. The van der Waals surface area contributed by atoms with Gasteiger partial charge in [-0.1, -0.05) is 25.2 Å². The topological polar surface area (TPSA) is 48.1 Å². The SMILES string of the molecule is Cc1csc(Oc2cc(C)c(N)cc2C(C)C)n1. The van der Waals surface area contributed by atoms with Crippen LogP contribution >= 0.6 is 11.3 Å². The van der Waals surface area contributed by atoms with Crippen molar-refractivity contribution >= 4 is 17.0 Å². The molecule has 0 aliphatic heterocycles. The minimum Gasteiger partial charge on any atom is -0.431 e. The van der Waals surface area contributed by atoms with Gasteiger partial charge in [-0.2, -0.15) is 0 Å². The first-order valence-electron chi connectivity index (χ1n) is 5.97. The lowest BCUT2D eigenvalue weighted by Gasteiger charge is -2.14. The molecule has 0 amide bonds. The van der Waals surface area contributed by atoms with Crippen molar-refractivity contribution in [1.82, 2.24) is 4.98 Å². The van der Waals surface area contributed by atoms with E-state index >= 15 is 0 Å². The number of rotatable bonds is 3. The average Bonchev–Trinajstić information content (AvgIpc) is 2.68. The summed E-state index contributed by atoms with van der Waals surface area (Å²) in [5, 5.41) is 2.66. The number of benzene rings is 1. The number of nitrogens with two attached hydrogens (primary N) is 1. The van der Waals surface area contributed by atoms with Crippen molar-refractivity contribution in [2.45, 2.75) is 33.6 Å². The van der Waals surface area contributed by atoms with Crippen molar-refractivity contribution in [3.05, 3.63) is 34.3 Å². The quantitative estimate of drug-likeness (QED) is 0.841. The molecule has 0 aliphatic rings. The van der Waals surface area contributed by atoms with Crippen molar-refractivity contribution in [2.75, 3.05) is 5.73 Å². The summed E-state index contributed by atoms with van der Waals surface area (Å²) in [5.41, 5.74) is 9.89. The van der Waals surface area contributed by atoms with Gasteiger partial charge in [0, 0.05) is 11.1 Å². The highest BCUT2D eigenvalue weighted by molar-refractivity contribution is 7.11. The van der Waals surface area contributed by atoms with Gasteiger partial charge in [-0.15, -0.1) is 0 Å². The molecule has 0 aliphatic carbocycles. The molecule has 4 heteroatoms. The van der Waals surface area contributed by atoms with Crippen LogP contribution in [0.5, 0.6) is 10.9 Å². The number of aromatic nitrogens is 1. The van der Waals surface area contributed by atoms with Crippen molar-refractivity contribution < 1.29 is 4.74 Å². The Labute approximate surface area is 112 Å². The molecule has 1 aromatic carbocycles. The van der Waals surface area contributed by atoms with Crippen LogP contribution in [0.2, 0.25) is 0 Å². The Morgan fingerprint density at radius 1 is 1.28 bits per heavy atom. The van der Waals surface area contributed by atoms with Gasteiger partial charge >= 0.3 is 0 Å². The third kappa shape index (κ3) is 2.64. The molecule has 1 aromatic heterocycles. The van der Waals surface area contributed by atoms with E-state index in [4.69, 9.17) is 10.5 Å². The molecule has 18 heavy (non-hydrogen) atoms. The normalized spacial score (nSPS) is 10.9.